The van der Waals surface area contributed by atoms with Crippen LogP contribution in [0.2, 0.25) is 0 Å². The summed E-state index contributed by atoms with van der Waals surface area (Å²) in [6.45, 7) is 0. The maximum Gasteiger partial charge on any atom is 0.126 e. The molecule has 0 radical (unpaired) electrons. The van der Waals surface area contributed by atoms with Gasteiger partial charge in [-0.05, 0) is 18.2 Å². The van der Waals surface area contributed by atoms with Gasteiger partial charge in [-0.15, -0.1) is 0 Å². The highest BCUT2D eigenvalue weighted by Gasteiger charge is 2.00. The third-order valence-electron chi connectivity index (χ3n) is 1.87. The second-order valence-electron chi connectivity index (χ2n) is 2.83. The molecule has 0 fully saturated rings. The lowest BCUT2D eigenvalue weighted by molar-refractivity contribution is 0.414. The van der Waals surface area contributed by atoms with Crippen LogP contribution < -0.4 is 4.74 Å². The Kier molecular flexibility index (Phi) is 3.94. The van der Waals surface area contributed by atoms with Gasteiger partial charge < -0.3 is 4.74 Å². The summed E-state index contributed by atoms with van der Waals surface area (Å²) in [6, 6.07) is 9.23. The van der Waals surface area contributed by atoms with E-state index in [0.29, 0.717) is 17.7 Å². The van der Waals surface area contributed by atoms with E-state index in [0.717, 1.165) is 5.56 Å². The first kappa shape index (κ1) is 10.8. The Bertz CT molecular complexity index is 450. The fourth-order valence-corrected chi connectivity index (χ4v) is 1.17. The minimum absolute atomic E-state index is 0.347. The summed E-state index contributed by atoms with van der Waals surface area (Å²) in [5.74, 6) is 0.697. The Morgan fingerprint density at radius 1 is 1.40 bits per heavy atom. The van der Waals surface area contributed by atoms with Crippen LogP contribution in [0.5, 0.6) is 5.75 Å². The van der Waals surface area contributed by atoms with Crippen LogP contribution in [0, 0.1) is 22.7 Å². The predicted octanol–water partition coefficient (Wildman–Crippen LogP) is 2.49. The number of methoxy groups -OCH3 is 1. The zero-order valence-electron chi connectivity index (χ0n) is 8.40. The quantitative estimate of drug-likeness (QED) is 0.749. The van der Waals surface area contributed by atoms with E-state index in [9.17, 15) is 0 Å². The Morgan fingerprint density at radius 2 is 2.20 bits per heavy atom. The summed E-state index contributed by atoms with van der Waals surface area (Å²) in [5.41, 5.74) is 1.39. The van der Waals surface area contributed by atoms with Crippen molar-refractivity contribution in [1.29, 1.82) is 10.5 Å². The number of hydrogen-bond donors (Lipinski definition) is 0. The molecule has 3 nitrogen and oxygen atoms in total. The summed E-state index contributed by atoms with van der Waals surface area (Å²) in [5, 5.41) is 17.1. The molecule has 0 atom stereocenters. The highest BCUT2D eigenvalue weighted by atomic mass is 16.5. The Balaban J connectivity index is 3.03. The van der Waals surface area contributed by atoms with Gasteiger partial charge in [-0.2, -0.15) is 10.5 Å². The molecule has 0 saturated heterocycles. The smallest absolute Gasteiger partial charge is 0.126 e. The number of rotatable bonds is 3. The van der Waals surface area contributed by atoms with Gasteiger partial charge in [0, 0.05) is 5.56 Å². The highest BCUT2D eigenvalue weighted by molar-refractivity contribution is 5.60. The van der Waals surface area contributed by atoms with Crippen molar-refractivity contribution in [3.63, 3.8) is 0 Å². The number of benzene rings is 1. The average molecular weight is 198 g/mol. The first-order valence-electron chi connectivity index (χ1n) is 4.43. The molecule has 0 spiro atoms. The monoisotopic (exact) mass is 198 g/mol. The lowest BCUT2D eigenvalue weighted by Gasteiger charge is -2.04. The molecule has 74 valence electrons. The third-order valence-corrected chi connectivity index (χ3v) is 1.87. The molecule has 15 heavy (non-hydrogen) atoms. The van der Waals surface area contributed by atoms with Crippen molar-refractivity contribution < 1.29 is 4.74 Å². The minimum Gasteiger partial charge on any atom is -0.496 e. The Labute approximate surface area is 88.8 Å². The van der Waals surface area contributed by atoms with Gasteiger partial charge in [0.05, 0.1) is 31.2 Å². The van der Waals surface area contributed by atoms with Crippen molar-refractivity contribution in [2.45, 2.75) is 6.42 Å². The van der Waals surface area contributed by atoms with Crippen molar-refractivity contribution >= 4 is 6.08 Å². The number of allylic oxidation sites excluding steroid dienone is 1. The molecule has 1 aromatic rings. The molecule has 0 aromatic heterocycles. The molecule has 0 aliphatic carbocycles. The number of nitrogens with zero attached hydrogens (tertiary/aromatic N) is 2. The number of nitriles is 2. The van der Waals surface area contributed by atoms with E-state index in [1.54, 1.807) is 37.5 Å². The SMILES string of the molecule is COc1ccc(C#N)cc1C=CCC#N. The van der Waals surface area contributed by atoms with Gasteiger partial charge in [0.2, 0.25) is 0 Å². The van der Waals surface area contributed by atoms with Crippen LogP contribution in [0.3, 0.4) is 0 Å². The maximum atomic E-state index is 8.73. The topological polar surface area (TPSA) is 56.8 Å². The van der Waals surface area contributed by atoms with Gasteiger partial charge >= 0.3 is 0 Å². The molecule has 0 N–H and O–H groups in total. The molecule has 0 unspecified atom stereocenters. The van der Waals surface area contributed by atoms with Crippen molar-refractivity contribution in [3.8, 4) is 17.9 Å². The van der Waals surface area contributed by atoms with Gasteiger partial charge in [-0.25, -0.2) is 0 Å². The van der Waals surface area contributed by atoms with Gasteiger partial charge in [0.1, 0.15) is 5.75 Å². The zero-order valence-corrected chi connectivity index (χ0v) is 8.40. The van der Waals surface area contributed by atoms with Gasteiger partial charge in [-0.3, -0.25) is 0 Å². The molecule has 0 aliphatic rings. The lowest BCUT2D eigenvalue weighted by Crippen LogP contribution is -1.87. The van der Waals surface area contributed by atoms with Crippen molar-refractivity contribution in [2.24, 2.45) is 0 Å². The van der Waals surface area contributed by atoms with E-state index in [4.69, 9.17) is 15.3 Å². The van der Waals surface area contributed by atoms with E-state index >= 15 is 0 Å². The second-order valence-corrected chi connectivity index (χ2v) is 2.83. The Morgan fingerprint density at radius 3 is 2.80 bits per heavy atom. The molecular formula is C12H10N2O. The predicted molar refractivity (Wildman–Crippen MR) is 57.0 cm³/mol. The molecule has 0 amide bonds. The van der Waals surface area contributed by atoms with Gasteiger partial charge in [0.25, 0.3) is 0 Å². The Hall–Kier alpha value is -2.26. The van der Waals surface area contributed by atoms with E-state index in [1.165, 1.54) is 0 Å². The number of ether oxygens (including phenoxy) is 1. The summed E-state index contributed by atoms with van der Waals surface area (Å²) < 4.78 is 5.13. The maximum absolute atomic E-state index is 8.73. The minimum atomic E-state index is 0.347. The fraction of sp³-hybridized carbons (Fsp3) is 0.167. The van der Waals surface area contributed by atoms with Crippen LogP contribution in [-0.4, -0.2) is 7.11 Å². The molecule has 0 heterocycles. The first-order valence-corrected chi connectivity index (χ1v) is 4.43. The fourth-order valence-electron chi connectivity index (χ4n) is 1.17. The molecule has 3 heteroatoms. The normalized spacial score (nSPS) is 9.53. The van der Waals surface area contributed by atoms with Crippen LogP contribution in [0.4, 0.5) is 0 Å². The van der Waals surface area contributed by atoms with E-state index in [-0.39, 0.29) is 0 Å². The summed E-state index contributed by atoms with van der Waals surface area (Å²) in [4.78, 5) is 0. The van der Waals surface area contributed by atoms with E-state index in [2.05, 4.69) is 6.07 Å². The molecule has 0 bridgehead atoms. The summed E-state index contributed by atoms with van der Waals surface area (Å²) >= 11 is 0. The van der Waals surface area contributed by atoms with Crippen LogP contribution in [-0.2, 0) is 0 Å². The van der Waals surface area contributed by atoms with Crippen LogP contribution >= 0.6 is 0 Å². The van der Waals surface area contributed by atoms with Gasteiger partial charge in [-0.1, -0.05) is 12.2 Å². The van der Waals surface area contributed by atoms with Gasteiger partial charge in [0.15, 0.2) is 0 Å². The summed E-state index contributed by atoms with van der Waals surface area (Å²) in [6.07, 6.45) is 3.86. The zero-order chi connectivity index (χ0) is 11.1. The van der Waals surface area contributed by atoms with Crippen molar-refractivity contribution in [2.75, 3.05) is 7.11 Å². The molecule has 1 rings (SSSR count). The van der Waals surface area contributed by atoms with E-state index < -0.39 is 0 Å². The van der Waals surface area contributed by atoms with Crippen LogP contribution in [0.1, 0.15) is 17.5 Å². The largest absolute Gasteiger partial charge is 0.496 e. The number of hydrogen-bond acceptors (Lipinski definition) is 3. The molecule has 1 aromatic carbocycles. The van der Waals surface area contributed by atoms with Crippen LogP contribution in [0.25, 0.3) is 6.08 Å². The van der Waals surface area contributed by atoms with Crippen LogP contribution in [0.15, 0.2) is 24.3 Å². The average Bonchev–Trinajstić information content (AvgIpc) is 2.29. The molecule has 0 saturated carbocycles. The first-order chi connectivity index (χ1) is 7.31. The van der Waals surface area contributed by atoms with Crippen molar-refractivity contribution in [3.05, 3.63) is 35.4 Å². The van der Waals surface area contributed by atoms with Crippen molar-refractivity contribution in [1.82, 2.24) is 0 Å². The molecule has 0 aliphatic heterocycles. The third kappa shape index (κ3) is 2.86. The summed E-state index contributed by atoms with van der Waals surface area (Å²) in [7, 11) is 1.57. The highest BCUT2D eigenvalue weighted by Crippen LogP contribution is 2.21. The lowest BCUT2D eigenvalue weighted by atomic mass is 10.1. The van der Waals surface area contributed by atoms with E-state index in [1.807, 2.05) is 6.07 Å². The molecular weight excluding hydrogens is 188 g/mol. The standard InChI is InChI=1S/C12H10N2O/c1-15-12-6-5-10(9-14)8-11(12)4-2-3-7-13/h2,4-6,8H,3H2,1H3. The second kappa shape index (κ2) is 5.47.